The molecule has 10 rings (SSSR count). The number of hydrogen-bond acceptors (Lipinski definition) is 0. The second-order valence-corrected chi connectivity index (χ2v) is 20.0. The molecule has 0 aliphatic rings. The van der Waals surface area contributed by atoms with E-state index in [1.165, 1.54) is 48.9 Å². The Kier molecular flexibility index (Phi) is 16.0. The number of hydrogen-bond donors (Lipinski definition) is 0. The Labute approximate surface area is 393 Å². The zero-order valence-corrected chi connectivity index (χ0v) is 38.8. The molecule has 8 aromatic carbocycles. The molecule has 2 heterocycles. The molecule has 0 spiro atoms. The van der Waals surface area contributed by atoms with Gasteiger partial charge in [-0.3, -0.25) is 11.8 Å². The van der Waals surface area contributed by atoms with Crippen molar-refractivity contribution in [3.63, 3.8) is 0 Å². The first-order valence-corrected chi connectivity index (χ1v) is 23.2. The van der Waals surface area contributed by atoms with Crippen LogP contribution in [0.3, 0.4) is 0 Å². The van der Waals surface area contributed by atoms with Crippen molar-refractivity contribution in [3.05, 3.63) is 230 Å². The van der Waals surface area contributed by atoms with E-state index in [1.54, 1.807) is 0 Å². The van der Waals surface area contributed by atoms with Crippen LogP contribution in [0.15, 0.2) is 206 Å². The minimum atomic E-state index is -0.847. The number of fused-ring (bicyclic) bond motifs is 6. The predicted molar refractivity (Wildman–Crippen MR) is 259 cm³/mol. The minimum Gasteiger partial charge on any atom is -0.366 e. The molecule has 10 aromatic rings. The van der Waals surface area contributed by atoms with Gasteiger partial charge in [0.1, 0.15) is 37.1 Å². The number of rotatable bonds is 6. The van der Waals surface area contributed by atoms with Crippen LogP contribution in [0.2, 0.25) is 0 Å². The average Bonchev–Trinajstić information content (AvgIpc) is 3.78. The maximum Gasteiger partial charge on any atom is 1.00 e. The Bertz CT molecular complexity index is 2780. The van der Waals surface area contributed by atoms with Crippen LogP contribution < -0.4 is 21.2 Å². The molecule has 0 atom stereocenters. The van der Waals surface area contributed by atoms with E-state index in [4.69, 9.17) is 12.8 Å². The van der Waals surface area contributed by atoms with Gasteiger partial charge in [0.2, 0.25) is 0 Å². The molecule has 0 amide bonds. The van der Waals surface area contributed by atoms with E-state index in [1.807, 2.05) is 48.5 Å². The van der Waals surface area contributed by atoms with Crippen LogP contribution in [0.5, 0.6) is 0 Å². The summed E-state index contributed by atoms with van der Waals surface area (Å²) < 4.78 is 4.32. The maximum atomic E-state index is 7.35. The van der Waals surface area contributed by atoms with Gasteiger partial charge in [-0.15, -0.1) is 23.3 Å². The van der Waals surface area contributed by atoms with Crippen LogP contribution >= 0.6 is 15.8 Å². The quantitative estimate of drug-likeness (QED) is 0.0680. The second-order valence-electron chi connectivity index (χ2n) is 14.4. The molecule has 0 bridgehead atoms. The van der Waals surface area contributed by atoms with Gasteiger partial charge in [-0.25, -0.2) is 0 Å². The first kappa shape index (κ1) is 45.4. The molecule has 6 heteroatoms. The van der Waals surface area contributed by atoms with Crippen molar-refractivity contribution in [1.29, 1.82) is 0 Å². The van der Waals surface area contributed by atoms with E-state index in [2.05, 4.69) is 193 Å². The van der Waals surface area contributed by atoms with E-state index in [0.29, 0.717) is 0 Å². The third kappa shape index (κ3) is 9.82. The molecule has 0 unspecified atom stereocenters. The van der Waals surface area contributed by atoms with Crippen LogP contribution in [0.25, 0.3) is 43.6 Å². The molecular weight excluding hydrogens is 966 g/mol. The Balaban J connectivity index is 0.000000159. The Hall–Kier alpha value is -5.18. The van der Waals surface area contributed by atoms with E-state index in [0.717, 1.165) is 32.9 Å². The topological polar surface area (TPSA) is 9.86 Å². The summed E-state index contributed by atoms with van der Waals surface area (Å²) >= 11 is 0. The van der Waals surface area contributed by atoms with Crippen molar-refractivity contribution in [3.8, 4) is 11.8 Å². The molecule has 0 fully saturated rings. The fraction of sp³-hybridized carbons (Fsp3) is 0.0545. The van der Waals surface area contributed by atoms with Crippen LogP contribution in [0.4, 0.5) is 0 Å². The Morgan fingerprint density at radius 2 is 0.639 bits per heavy atom. The number of benzene rings is 8. The smallest absolute Gasteiger partial charge is 0.366 e. The summed E-state index contributed by atoms with van der Waals surface area (Å²) in [6.45, 7) is 0. The maximum absolute atomic E-state index is 7.35. The van der Waals surface area contributed by atoms with Crippen molar-refractivity contribution in [1.82, 2.24) is 9.13 Å². The van der Waals surface area contributed by atoms with E-state index < -0.39 is 15.8 Å². The second kappa shape index (κ2) is 21.6. The summed E-state index contributed by atoms with van der Waals surface area (Å²) in [5, 5.41) is 10.6. The third-order valence-electron chi connectivity index (χ3n) is 11.0. The Morgan fingerprint density at radius 1 is 0.361 bits per heavy atom. The summed E-state index contributed by atoms with van der Waals surface area (Å²) in [5.74, 6) is 6.27. The fourth-order valence-electron chi connectivity index (χ4n) is 8.10. The van der Waals surface area contributed by atoms with Crippen molar-refractivity contribution in [2.24, 2.45) is 14.1 Å². The van der Waals surface area contributed by atoms with Crippen LogP contribution in [-0.2, 0) is 58.9 Å². The first-order chi connectivity index (χ1) is 29.1. The van der Waals surface area contributed by atoms with Crippen molar-refractivity contribution < 1.29 is 44.8 Å². The largest absolute Gasteiger partial charge is 1.00 e. The Morgan fingerprint density at radius 3 is 0.951 bits per heavy atom. The number of aryl methyl sites for hydroxylation is 2. The monoisotopic (exact) mass is 1010 g/mol. The summed E-state index contributed by atoms with van der Waals surface area (Å²) in [6, 6.07) is 72.9. The predicted octanol–water partition coefficient (Wildman–Crippen LogP) is 11.2. The van der Waals surface area contributed by atoms with Gasteiger partial charge in [0.15, 0.2) is 5.90 Å². The molecule has 0 aliphatic carbocycles. The molecule has 0 aliphatic heterocycles. The summed E-state index contributed by atoms with van der Waals surface area (Å²) in [6.07, 6.45) is 14.7. The fourth-order valence-corrected chi connectivity index (χ4v) is 15.8. The zero-order chi connectivity index (χ0) is 40.6. The van der Waals surface area contributed by atoms with E-state index >= 15 is 0 Å². The van der Waals surface area contributed by atoms with Crippen LogP contribution in [-0.4, -0.2) is 15.0 Å². The van der Waals surface area contributed by atoms with Gasteiger partial charge < -0.3 is 22.0 Å². The molecular formula is C55H44Ag2N2P2+2. The number of para-hydroxylation sites is 2. The molecule has 0 radical (unpaired) electrons. The van der Waals surface area contributed by atoms with Gasteiger partial charge in [-0.2, -0.15) is 0 Å². The van der Waals surface area contributed by atoms with Crippen LogP contribution in [0, 0.1) is 24.7 Å². The third-order valence-corrected chi connectivity index (χ3v) is 17.9. The van der Waals surface area contributed by atoms with Gasteiger partial charge in [0.25, 0.3) is 0 Å². The van der Waals surface area contributed by atoms with Crippen LogP contribution in [0.1, 0.15) is 11.1 Å². The van der Waals surface area contributed by atoms with Gasteiger partial charge in [-0.05, 0) is 83.6 Å². The normalized spacial score (nSPS) is 10.5. The van der Waals surface area contributed by atoms with Gasteiger partial charge in [-0.1, -0.05) is 132 Å². The molecule has 61 heavy (non-hydrogen) atoms. The SMILES string of the molecule is [Ag+].[Ag+].[C-]#Cc1cccc2c1c1ccccc1n2C.[C-]#Cc1cccc2c1c1ccccc1n2C.c1ccc([PH+](C[PH+](c2ccccc2)c2ccccc2)c2ccccc2)cc1. The van der Waals surface area contributed by atoms with Crippen molar-refractivity contribution in [2.45, 2.75) is 0 Å². The molecule has 304 valence electrons. The number of nitrogens with zero attached hydrogens (tertiary/aromatic N) is 2. The summed E-state index contributed by atoms with van der Waals surface area (Å²) in [7, 11) is 2.41. The van der Waals surface area contributed by atoms with Gasteiger partial charge in [0, 0.05) is 36.2 Å². The van der Waals surface area contributed by atoms with Gasteiger partial charge >= 0.3 is 44.8 Å². The molecule has 0 saturated carbocycles. The average molecular weight is 1010 g/mol. The summed E-state index contributed by atoms with van der Waals surface area (Å²) in [5.41, 5.74) is 6.40. The zero-order valence-electron chi connectivity index (χ0n) is 33.8. The van der Waals surface area contributed by atoms with Crippen molar-refractivity contribution in [2.75, 3.05) is 5.90 Å². The summed E-state index contributed by atoms with van der Waals surface area (Å²) in [4.78, 5) is 0. The minimum absolute atomic E-state index is 0. The molecule has 2 aromatic heterocycles. The standard InChI is InChI=1S/C25H22P2.2C15H10N.2Ag/c1-5-13-22(14-6-1)26(23-15-7-2-8-16-23)21-27(24-17-9-3-10-18-24)25-19-11-4-12-20-25;2*1-3-11-7-6-10-14-15(11)12-8-4-5-9-13(12)16(14)2;;/h1-20H,21H2;2*4-10H,2H3;;/q;2*-1;2*+1/p+2. The molecule has 2 nitrogen and oxygen atoms in total. The molecule has 0 N–H and O–H groups in total. The number of aromatic nitrogens is 2. The van der Waals surface area contributed by atoms with Crippen molar-refractivity contribution >= 4 is 80.7 Å². The van der Waals surface area contributed by atoms with E-state index in [9.17, 15) is 0 Å². The molecule has 0 saturated heterocycles. The van der Waals surface area contributed by atoms with Gasteiger partial charge in [0.05, 0.1) is 0 Å². The first-order valence-electron chi connectivity index (χ1n) is 19.8. The van der Waals surface area contributed by atoms with E-state index in [-0.39, 0.29) is 44.8 Å².